The summed E-state index contributed by atoms with van der Waals surface area (Å²) < 4.78 is 55.5. The molecular formula is C26H29N3O4S2. The van der Waals surface area contributed by atoms with E-state index in [1.54, 1.807) is 0 Å². The normalized spacial score (nSPS) is 18.1. The molecule has 35 heavy (non-hydrogen) atoms. The minimum atomic E-state index is -3.72. The van der Waals surface area contributed by atoms with E-state index in [0.29, 0.717) is 26.2 Å². The summed E-state index contributed by atoms with van der Waals surface area (Å²) in [6, 6.07) is 26.1. The smallest absolute Gasteiger partial charge is 0.243 e. The molecule has 5 rings (SSSR count). The molecule has 0 aromatic heterocycles. The average molecular weight is 512 g/mol. The monoisotopic (exact) mass is 511 g/mol. The number of hydrogen-bond donors (Lipinski definition) is 1. The Bertz CT molecular complexity index is 1310. The Morgan fingerprint density at radius 2 is 1.14 bits per heavy atom. The molecule has 0 spiro atoms. The molecule has 0 amide bonds. The van der Waals surface area contributed by atoms with Gasteiger partial charge < -0.3 is 0 Å². The maximum absolute atomic E-state index is 13.3. The van der Waals surface area contributed by atoms with E-state index in [1.165, 1.54) is 39.7 Å². The van der Waals surface area contributed by atoms with Gasteiger partial charge in [-0.2, -0.15) is 4.31 Å². The average Bonchev–Trinajstić information content (AvgIpc) is 3.69. The third-order valence-corrected chi connectivity index (χ3v) is 9.99. The predicted molar refractivity (Wildman–Crippen MR) is 135 cm³/mol. The zero-order valence-corrected chi connectivity index (χ0v) is 21.0. The molecule has 2 aliphatic rings. The van der Waals surface area contributed by atoms with Crippen LogP contribution >= 0.6 is 0 Å². The Labute approximate surface area is 207 Å². The van der Waals surface area contributed by atoms with Gasteiger partial charge >= 0.3 is 0 Å². The zero-order chi connectivity index (χ0) is 24.5. The van der Waals surface area contributed by atoms with Crippen molar-refractivity contribution in [2.24, 2.45) is 0 Å². The summed E-state index contributed by atoms with van der Waals surface area (Å²) in [6.07, 6.45) is 1.68. The van der Waals surface area contributed by atoms with Crippen LogP contribution in [0.2, 0.25) is 0 Å². The topological polar surface area (TPSA) is 86.8 Å². The molecule has 0 unspecified atom stereocenters. The molecule has 3 aromatic carbocycles. The summed E-state index contributed by atoms with van der Waals surface area (Å²) in [5.74, 6) is 0. The lowest BCUT2D eigenvalue weighted by atomic mass is 9.96. The molecule has 1 saturated carbocycles. The van der Waals surface area contributed by atoms with Crippen LogP contribution in [0.4, 0.5) is 0 Å². The van der Waals surface area contributed by atoms with Crippen LogP contribution < -0.4 is 4.72 Å². The van der Waals surface area contributed by atoms with Crippen molar-refractivity contribution in [2.75, 3.05) is 26.2 Å². The van der Waals surface area contributed by atoms with E-state index in [0.717, 1.165) is 12.8 Å². The van der Waals surface area contributed by atoms with Crippen LogP contribution in [0.25, 0.3) is 0 Å². The molecule has 9 heteroatoms. The lowest BCUT2D eigenvalue weighted by Gasteiger charge is -2.39. The van der Waals surface area contributed by atoms with Crippen LogP contribution in [0.5, 0.6) is 0 Å². The van der Waals surface area contributed by atoms with Crippen LogP contribution in [-0.4, -0.2) is 58.3 Å². The van der Waals surface area contributed by atoms with Crippen molar-refractivity contribution >= 4 is 20.0 Å². The minimum Gasteiger partial charge on any atom is -0.290 e. The van der Waals surface area contributed by atoms with Crippen molar-refractivity contribution in [2.45, 2.75) is 34.7 Å². The highest BCUT2D eigenvalue weighted by atomic mass is 32.2. The lowest BCUT2D eigenvalue weighted by molar-refractivity contribution is 0.156. The lowest BCUT2D eigenvalue weighted by Crippen LogP contribution is -2.49. The number of nitrogens with zero attached hydrogens (tertiary/aromatic N) is 2. The Kier molecular flexibility index (Phi) is 6.78. The van der Waals surface area contributed by atoms with Gasteiger partial charge in [0.05, 0.1) is 15.8 Å². The van der Waals surface area contributed by atoms with E-state index in [2.05, 4.69) is 33.9 Å². The van der Waals surface area contributed by atoms with Gasteiger partial charge in [-0.15, -0.1) is 0 Å². The van der Waals surface area contributed by atoms with Gasteiger partial charge in [-0.3, -0.25) is 4.90 Å². The molecule has 0 radical (unpaired) electrons. The Morgan fingerprint density at radius 3 is 1.63 bits per heavy atom. The second kappa shape index (κ2) is 9.83. The van der Waals surface area contributed by atoms with Crippen LogP contribution in [0.3, 0.4) is 0 Å². The van der Waals surface area contributed by atoms with E-state index >= 15 is 0 Å². The first-order chi connectivity index (χ1) is 16.8. The van der Waals surface area contributed by atoms with Gasteiger partial charge in [-0.1, -0.05) is 60.7 Å². The number of hydrogen-bond acceptors (Lipinski definition) is 5. The summed E-state index contributed by atoms with van der Waals surface area (Å²) >= 11 is 0. The number of sulfonamides is 2. The first-order valence-corrected chi connectivity index (χ1v) is 14.7. The largest absolute Gasteiger partial charge is 0.290 e. The highest BCUT2D eigenvalue weighted by Gasteiger charge is 2.33. The summed E-state index contributed by atoms with van der Waals surface area (Å²) in [7, 11) is -7.34. The predicted octanol–water partition coefficient (Wildman–Crippen LogP) is 3.22. The Hall–Kier alpha value is -2.56. The van der Waals surface area contributed by atoms with Gasteiger partial charge in [0, 0.05) is 32.2 Å². The van der Waals surface area contributed by atoms with Crippen molar-refractivity contribution in [3.63, 3.8) is 0 Å². The first kappa shape index (κ1) is 24.1. The number of nitrogens with one attached hydrogen (secondary N) is 1. The maximum Gasteiger partial charge on any atom is 0.243 e. The Morgan fingerprint density at radius 1 is 0.657 bits per heavy atom. The second-order valence-corrected chi connectivity index (χ2v) is 12.7. The summed E-state index contributed by atoms with van der Waals surface area (Å²) in [6.45, 7) is 1.90. The van der Waals surface area contributed by atoms with Gasteiger partial charge in [0.25, 0.3) is 0 Å². The van der Waals surface area contributed by atoms with Crippen molar-refractivity contribution in [3.05, 3.63) is 96.1 Å². The number of piperazine rings is 1. The minimum absolute atomic E-state index is 0.00435. The molecule has 1 aliphatic carbocycles. The maximum atomic E-state index is 13.3. The fourth-order valence-corrected chi connectivity index (χ4v) is 7.24. The quantitative estimate of drug-likeness (QED) is 0.502. The van der Waals surface area contributed by atoms with E-state index in [-0.39, 0.29) is 21.9 Å². The van der Waals surface area contributed by atoms with Gasteiger partial charge in [0.15, 0.2) is 0 Å². The van der Waals surface area contributed by atoms with Crippen molar-refractivity contribution < 1.29 is 16.8 Å². The van der Waals surface area contributed by atoms with E-state index < -0.39 is 20.0 Å². The van der Waals surface area contributed by atoms with Crippen molar-refractivity contribution in [1.29, 1.82) is 0 Å². The molecule has 7 nitrogen and oxygen atoms in total. The van der Waals surface area contributed by atoms with Gasteiger partial charge in [-0.05, 0) is 48.2 Å². The molecule has 2 fully saturated rings. The Balaban J connectivity index is 1.31. The van der Waals surface area contributed by atoms with E-state index in [4.69, 9.17) is 0 Å². The van der Waals surface area contributed by atoms with Crippen molar-refractivity contribution in [1.82, 2.24) is 13.9 Å². The first-order valence-electron chi connectivity index (χ1n) is 11.8. The molecule has 1 saturated heterocycles. The molecule has 3 aromatic rings. The summed E-state index contributed by atoms with van der Waals surface area (Å²) in [5.41, 5.74) is 2.35. The van der Waals surface area contributed by atoms with Crippen molar-refractivity contribution in [3.8, 4) is 0 Å². The van der Waals surface area contributed by atoms with Crippen LogP contribution in [0.15, 0.2) is 94.7 Å². The van der Waals surface area contributed by atoms with E-state index in [1.807, 2.05) is 36.4 Å². The fourth-order valence-electron chi connectivity index (χ4n) is 4.52. The molecular weight excluding hydrogens is 482 g/mol. The van der Waals surface area contributed by atoms with Crippen LogP contribution in [0, 0.1) is 0 Å². The summed E-state index contributed by atoms with van der Waals surface area (Å²) in [4.78, 5) is 2.51. The zero-order valence-electron chi connectivity index (χ0n) is 19.3. The van der Waals surface area contributed by atoms with Gasteiger partial charge in [-0.25, -0.2) is 21.6 Å². The van der Waals surface area contributed by atoms with Crippen LogP contribution in [0.1, 0.15) is 30.0 Å². The van der Waals surface area contributed by atoms with Gasteiger partial charge in [0.1, 0.15) is 0 Å². The standard InChI is InChI=1S/C26H29N3O4S2/c30-34(31,27-23-11-12-23)24-13-15-25(16-14-24)35(32,33)29-19-17-28(18-20-29)26(21-7-3-1-4-8-21)22-9-5-2-6-10-22/h1-10,13-16,23,26-27H,11-12,17-20H2. The van der Waals surface area contributed by atoms with E-state index in [9.17, 15) is 16.8 Å². The fraction of sp³-hybridized carbons (Fsp3) is 0.308. The number of rotatable bonds is 8. The highest BCUT2D eigenvalue weighted by molar-refractivity contribution is 7.89. The second-order valence-electron chi connectivity index (χ2n) is 9.03. The van der Waals surface area contributed by atoms with Crippen LogP contribution in [-0.2, 0) is 20.0 Å². The summed E-state index contributed by atoms with van der Waals surface area (Å²) in [5, 5.41) is 0. The molecule has 0 atom stereocenters. The molecule has 1 heterocycles. The third kappa shape index (κ3) is 5.34. The molecule has 184 valence electrons. The SMILES string of the molecule is O=S(=O)(NC1CC1)c1ccc(S(=O)(=O)N2CCN(C(c3ccccc3)c3ccccc3)CC2)cc1. The number of benzene rings is 3. The molecule has 1 N–H and O–H groups in total. The van der Waals surface area contributed by atoms with Gasteiger partial charge in [0.2, 0.25) is 20.0 Å². The molecule has 1 aliphatic heterocycles. The highest BCUT2D eigenvalue weighted by Crippen LogP contribution is 2.30. The third-order valence-electron chi connectivity index (χ3n) is 6.54. The molecule has 0 bridgehead atoms.